The highest BCUT2D eigenvalue weighted by Crippen LogP contribution is 2.20. The molecule has 1 atom stereocenters. The van der Waals surface area contributed by atoms with Gasteiger partial charge in [-0.3, -0.25) is 4.79 Å². The van der Waals surface area contributed by atoms with Gasteiger partial charge in [0.2, 0.25) is 0 Å². The minimum atomic E-state index is -3.92. The molecule has 0 heterocycles. The molecule has 0 radical (unpaired) electrons. The van der Waals surface area contributed by atoms with Crippen LogP contribution in [0.5, 0.6) is 0 Å². The van der Waals surface area contributed by atoms with Crippen LogP contribution in [0.3, 0.4) is 0 Å². The zero-order valence-electron chi connectivity index (χ0n) is 9.56. The normalized spacial score (nSPS) is 13.3. The number of carbonyl (C=O) groups is 1. The lowest BCUT2D eigenvalue weighted by atomic mass is 10.2. The summed E-state index contributed by atoms with van der Waals surface area (Å²) < 4.78 is 37.7. The zero-order valence-corrected chi connectivity index (χ0v) is 12.0. The maximum Gasteiger partial charge on any atom is 0.321 e. The fourth-order valence-electron chi connectivity index (χ4n) is 1.55. The van der Waals surface area contributed by atoms with Gasteiger partial charge in [0.05, 0.1) is 5.75 Å². The van der Waals surface area contributed by atoms with Gasteiger partial charge in [-0.05, 0) is 24.6 Å². The van der Waals surface area contributed by atoms with Crippen molar-refractivity contribution in [2.24, 2.45) is 0 Å². The van der Waals surface area contributed by atoms with Crippen molar-refractivity contribution in [2.45, 2.75) is 24.3 Å². The lowest BCUT2D eigenvalue weighted by molar-refractivity contribution is -0.136. The number of carboxylic acid groups (broad SMARTS) is 1. The van der Waals surface area contributed by atoms with E-state index in [1.54, 1.807) is 0 Å². The Bertz CT molecular complexity index is 556. The second-order valence-electron chi connectivity index (χ2n) is 3.78. The van der Waals surface area contributed by atoms with Crippen molar-refractivity contribution >= 4 is 31.7 Å². The average molecular weight is 339 g/mol. The number of carboxylic acids is 1. The largest absolute Gasteiger partial charge is 0.480 e. The SMILES string of the molecule is CCC(C(=O)O)S(=O)(=O)Cc1cc(Br)ccc1F. The van der Waals surface area contributed by atoms with E-state index in [0.29, 0.717) is 4.47 Å². The third-order valence-electron chi connectivity index (χ3n) is 2.44. The third kappa shape index (κ3) is 3.52. The number of sulfone groups is 1. The molecule has 0 fully saturated rings. The van der Waals surface area contributed by atoms with Crippen molar-refractivity contribution in [1.29, 1.82) is 0 Å². The molecule has 1 rings (SSSR count). The minimum absolute atomic E-state index is 0.0379. The fraction of sp³-hybridized carbons (Fsp3) is 0.364. The molecule has 100 valence electrons. The average Bonchev–Trinajstić information content (AvgIpc) is 2.22. The Labute approximate surface area is 113 Å². The summed E-state index contributed by atoms with van der Waals surface area (Å²) in [6.45, 7) is 1.47. The highest BCUT2D eigenvalue weighted by Gasteiger charge is 2.31. The lowest BCUT2D eigenvalue weighted by Crippen LogP contribution is -2.30. The van der Waals surface area contributed by atoms with Crippen LogP contribution in [0.4, 0.5) is 4.39 Å². The quantitative estimate of drug-likeness (QED) is 0.894. The lowest BCUT2D eigenvalue weighted by Gasteiger charge is -2.12. The zero-order chi connectivity index (χ0) is 13.9. The van der Waals surface area contributed by atoms with Gasteiger partial charge >= 0.3 is 5.97 Å². The Kier molecular flexibility index (Phi) is 4.86. The predicted octanol–water partition coefficient (Wildman–Crippen LogP) is 2.37. The predicted molar refractivity (Wildman–Crippen MR) is 68.4 cm³/mol. The molecular weight excluding hydrogens is 327 g/mol. The highest BCUT2D eigenvalue weighted by molar-refractivity contribution is 9.10. The van der Waals surface area contributed by atoms with Gasteiger partial charge in [0, 0.05) is 10.0 Å². The Morgan fingerprint density at radius 3 is 2.61 bits per heavy atom. The van der Waals surface area contributed by atoms with E-state index >= 15 is 0 Å². The molecule has 0 aliphatic carbocycles. The van der Waals surface area contributed by atoms with Crippen LogP contribution in [0.15, 0.2) is 22.7 Å². The van der Waals surface area contributed by atoms with E-state index in [-0.39, 0.29) is 12.0 Å². The summed E-state index contributed by atoms with van der Waals surface area (Å²) in [7, 11) is -3.92. The van der Waals surface area contributed by atoms with Crippen molar-refractivity contribution in [3.05, 3.63) is 34.1 Å². The van der Waals surface area contributed by atoms with Crippen molar-refractivity contribution in [3.8, 4) is 0 Å². The molecule has 0 amide bonds. The Morgan fingerprint density at radius 1 is 1.50 bits per heavy atom. The van der Waals surface area contributed by atoms with Gasteiger partial charge in [0.25, 0.3) is 0 Å². The van der Waals surface area contributed by atoms with Gasteiger partial charge in [0.15, 0.2) is 15.1 Å². The third-order valence-corrected chi connectivity index (χ3v) is 5.05. The summed E-state index contributed by atoms with van der Waals surface area (Å²) in [5, 5.41) is 7.32. The number of aliphatic carboxylic acids is 1. The van der Waals surface area contributed by atoms with Crippen LogP contribution in [0, 0.1) is 5.82 Å². The molecule has 1 N–H and O–H groups in total. The van der Waals surface area contributed by atoms with Crippen LogP contribution in [0.2, 0.25) is 0 Å². The van der Waals surface area contributed by atoms with E-state index in [1.807, 2.05) is 0 Å². The van der Waals surface area contributed by atoms with Gasteiger partial charge in [-0.1, -0.05) is 22.9 Å². The highest BCUT2D eigenvalue weighted by atomic mass is 79.9. The van der Waals surface area contributed by atoms with Crippen molar-refractivity contribution < 1.29 is 22.7 Å². The maximum absolute atomic E-state index is 13.4. The number of hydrogen-bond acceptors (Lipinski definition) is 3. The first-order chi connectivity index (χ1) is 8.27. The van der Waals surface area contributed by atoms with E-state index in [9.17, 15) is 17.6 Å². The molecule has 1 unspecified atom stereocenters. The van der Waals surface area contributed by atoms with Crippen LogP contribution in [0.25, 0.3) is 0 Å². The number of hydrogen-bond donors (Lipinski definition) is 1. The van der Waals surface area contributed by atoms with E-state index in [2.05, 4.69) is 15.9 Å². The molecule has 0 saturated heterocycles. The molecule has 0 spiro atoms. The van der Waals surface area contributed by atoms with Crippen molar-refractivity contribution in [2.75, 3.05) is 0 Å². The van der Waals surface area contributed by atoms with Crippen LogP contribution in [-0.4, -0.2) is 24.7 Å². The summed E-state index contributed by atoms with van der Waals surface area (Å²) in [5.74, 6) is -2.70. The van der Waals surface area contributed by atoms with Crippen molar-refractivity contribution in [3.63, 3.8) is 0 Å². The molecule has 7 heteroatoms. The number of rotatable bonds is 5. The molecule has 0 bridgehead atoms. The van der Waals surface area contributed by atoms with Crippen LogP contribution < -0.4 is 0 Å². The van der Waals surface area contributed by atoms with E-state index in [0.717, 1.165) is 6.07 Å². The first-order valence-corrected chi connectivity index (χ1v) is 7.67. The van der Waals surface area contributed by atoms with Crippen LogP contribution >= 0.6 is 15.9 Å². The summed E-state index contributed by atoms with van der Waals surface area (Å²) in [4.78, 5) is 10.8. The first kappa shape index (κ1) is 15.1. The monoisotopic (exact) mass is 338 g/mol. The molecule has 0 aromatic heterocycles. The fourth-order valence-corrected chi connectivity index (χ4v) is 3.63. The Balaban J connectivity index is 3.09. The Hall–Kier alpha value is -0.950. The van der Waals surface area contributed by atoms with E-state index in [4.69, 9.17) is 5.11 Å². The molecule has 0 aliphatic rings. The molecule has 1 aromatic carbocycles. The van der Waals surface area contributed by atoms with Crippen LogP contribution in [0.1, 0.15) is 18.9 Å². The summed E-state index contributed by atoms with van der Waals surface area (Å²) in [6.07, 6.45) is -0.0483. The van der Waals surface area contributed by atoms with Gasteiger partial charge in [-0.25, -0.2) is 12.8 Å². The Morgan fingerprint density at radius 2 is 2.11 bits per heavy atom. The van der Waals surface area contributed by atoms with Crippen LogP contribution in [-0.2, 0) is 20.4 Å². The second-order valence-corrected chi connectivity index (χ2v) is 6.88. The van der Waals surface area contributed by atoms with E-state index < -0.39 is 32.6 Å². The summed E-state index contributed by atoms with van der Waals surface area (Å²) in [6, 6.07) is 3.91. The summed E-state index contributed by atoms with van der Waals surface area (Å²) in [5.41, 5.74) is -0.0379. The summed E-state index contributed by atoms with van der Waals surface area (Å²) >= 11 is 3.11. The molecule has 1 aromatic rings. The first-order valence-electron chi connectivity index (χ1n) is 5.16. The van der Waals surface area contributed by atoms with Gasteiger partial charge < -0.3 is 5.11 Å². The number of halogens is 2. The molecular formula is C11H12BrFO4S. The van der Waals surface area contributed by atoms with Crippen molar-refractivity contribution in [1.82, 2.24) is 0 Å². The second kappa shape index (κ2) is 5.79. The molecule has 0 aliphatic heterocycles. The van der Waals surface area contributed by atoms with Gasteiger partial charge in [-0.2, -0.15) is 0 Å². The minimum Gasteiger partial charge on any atom is -0.480 e. The topological polar surface area (TPSA) is 71.4 Å². The van der Waals surface area contributed by atoms with Gasteiger partial charge in [0.1, 0.15) is 5.82 Å². The number of benzene rings is 1. The molecule has 18 heavy (non-hydrogen) atoms. The molecule has 4 nitrogen and oxygen atoms in total. The van der Waals surface area contributed by atoms with E-state index in [1.165, 1.54) is 19.1 Å². The maximum atomic E-state index is 13.4. The standard InChI is InChI=1S/C11H12BrFO4S/c1-2-10(11(14)15)18(16,17)6-7-5-8(12)3-4-9(7)13/h3-5,10H,2,6H2,1H3,(H,14,15). The van der Waals surface area contributed by atoms with Gasteiger partial charge in [-0.15, -0.1) is 0 Å². The molecule has 0 saturated carbocycles. The smallest absolute Gasteiger partial charge is 0.321 e.